The zero-order chi connectivity index (χ0) is 11.4. The molecule has 1 atom stereocenters. The summed E-state index contributed by atoms with van der Waals surface area (Å²) in [5.41, 5.74) is 1.07. The van der Waals surface area contributed by atoms with Crippen LogP contribution in [0.5, 0.6) is 0 Å². The third kappa shape index (κ3) is 3.23. The van der Waals surface area contributed by atoms with Gasteiger partial charge in [0.05, 0.1) is 12.7 Å². The summed E-state index contributed by atoms with van der Waals surface area (Å²) in [5, 5.41) is 3.30. The molecule has 88 valence electrons. The normalized spacial score (nSPS) is 23.5. The lowest BCUT2D eigenvalue weighted by atomic mass is 10.3. The highest BCUT2D eigenvalue weighted by atomic mass is 16.7. The lowest BCUT2D eigenvalue weighted by molar-refractivity contribution is -0.137. The Bertz CT molecular complexity index is 329. The minimum atomic E-state index is -0.442. The van der Waals surface area contributed by atoms with Crippen molar-refractivity contribution < 1.29 is 9.47 Å². The van der Waals surface area contributed by atoms with Crippen LogP contribution in [0.2, 0.25) is 0 Å². The smallest absolute Gasteiger partial charge is 0.163 e. The maximum absolute atomic E-state index is 5.67. The lowest BCUT2D eigenvalue weighted by Gasteiger charge is -2.17. The summed E-state index contributed by atoms with van der Waals surface area (Å²) in [6.07, 6.45) is 5.26. The molecule has 1 aromatic heterocycles. The highest BCUT2D eigenvalue weighted by Gasteiger charge is 2.32. The molecule has 0 aliphatic carbocycles. The zero-order valence-corrected chi connectivity index (χ0v) is 9.64. The van der Waals surface area contributed by atoms with E-state index in [2.05, 4.69) is 15.3 Å². The standard InChI is InChI=1S/C11H17N3O2/c1-11(2)15-7-10(16-11)6-12-3-9-4-13-8-14-5-9/h4-5,8,10,12H,3,6-7H2,1-2H3. The third-order valence-corrected chi connectivity index (χ3v) is 2.38. The van der Waals surface area contributed by atoms with E-state index < -0.39 is 5.79 Å². The van der Waals surface area contributed by atoms with Crippen molar-refractivity contribution in [1.29, 1.82) is 0 Å². The molecule has 2 heterocycles. The SMILES string of the molecule is CC1(C)OCC(CNCc2cncnc2)O1. The van der Waals surface area contributed by atoms with Gasteiger partial charge in [-0.3, -0.25) is 0 Å². The fourth-order valence-electron chi connectivity index (χ4n) is 1.66. The summed E-state index contributed by atoms with van der Waals surface area (Å²) in [4.78, 5) is 7.90. The maximum Gasteiger partial charge on any atom is 0.163 e. The zero-order valence-electron chi connectivity index (χ0n) is 9.64. The maximum atomic E-state index is 5.67. The van der Waals surface area contributed by atoms with E-state index in [0.29, 0.717) is 6.61 Å². The van der Waals surface area contributed by atoms with Gasteiger partial charge < -0.3 is 14.8 Å². The van der Waals surface area contributed by atoms with Crippen molar-refractivity contribution in [2.24, 2.45) is 0 Å². The second-order valence-corrected chi connectivity index (χ2v) is 4.33. The molecular formula is C11H17N3O2. The van der Waals surface area contributed by atoms with Gasteiger partial charge in [0.1, 0.15) is 6.33 Å². The second-order valence-electron chi connectivity index (χ2n) is 4.33. The molecule has 5 nitrogen and oxygen atoms in total. The van der Waals surface area contributed by atoms with Crippen LogP contribution >= 0.6 is 0 Å². The number of nitrogens with one attached hydrogen (secondary N) is 1. The highest BCUT2D eigenvalue weighted by molar-refractivity contribution is 5.01. The molecule has 1 fully saturated rings. The van der Waals surface area contributed by atoms with E-state index in [1.165, 1.54) is 6.33 Å². The summed E-state index contributed by atoms with van der Waals surface area (Å²) < 4.78 is 11.1. The van der Waals surface area contributed by atoms with Gasteiger partial charge in [-0.25, -0.2) is 9.97 Å². The monoisotopic (exact) mass is 223 g/mol. The molecule has 0 aromatic carbocycles. The molecule has 0 amide bonds. The molecule has 1 aliphatic rings. The number of rotatable bonds is 4. The minimum absolute atomic E-state index is 0.125. The van der Waals surface area contributed by atoms with Crippen LogP contribution in [0.3, 0.4) is 0 Å². The van der Waals surface area contributed by atoms with Crippen LogP contribution in [0.4, 0.5) is 0 Å². The van der Waals surface area contributed by atoms with Gasteiger partial charge in [-0.15, -0.1) is 0 Å². The third-order valence-electron chi connectivity index (χ3n) is 2.38. The first-order chi connectivity index (χ1) is 7.66. The highest BCUT2D eigenvalue weighted by Crippen LogP contribution is 2.21. The fraction of sp³-hybridized carbons (Fsp3) is 0.636. The molecule has 0 saturated carbocycles. The van der Waals surface area contributed by atoms with Gasteiger partial charge in [-0.2, -0.15) is 0 Å². The first kappa shape index (κ1) is 11.4. The van der Waals surface area contributed by atoms with Crippen LogP contribution in [0.1, 0.15) is 19.4 Å². The van der Waals surface area contributed by atoms with E-state index in [0.717, 1.165) is 18.7 Å². The lowest BCUT2D eigenvalue weighted by Crippen LogP contribution is -2.30. The van der Waals surface area contributed by atoms with E-state index in [1.807, 2.05) is 13.8 Å². The van der Waals surface area contributed by atoms with E-state index in [1.54, 1.807) is 12.4 Å². The van der Waals surface area contributed by atoms with Gasteiger partial charge in [0.2, 0.25) is 0 Å². The molecule has 5 heteroatoms. The molecule has 0 radical (unpaired) electrons. The van der Waals surface area contributed by atoms with E-state index in [4.69, 9.17) is 9.47 Å². The Balaban J connectivity index is 1.70. The molecule has 16 heavy (non-hydrogen) atoms. The first-order valence-corrected chi connectivity index (χ1v) is 5.42. The van der Waals surface area contributed by atoms with Gasteiger partial charge >= 0.3 is 0 Å². The Morgan fingerprint density at radius 2 is 2.19 bits per heavy atom. The van der Waals surface area contributed by atoms with E-state index >= 15 is 0 Å². The van der Waals surface area contributed by atoms with Crippen LogP contribution in [0, 0.1) is 0 Å². The molecule has 1 aromatic rings. The molecule has 1 unspecified atom stereocenters. The number of hydrogen-bond acceptors (Lipinski definition) is 5. The summed E-state index contributed by atoms with van der Waals surface area (Å²) in [6.45, 7) is 6.03. The van der Waals surface area contributed by atoms with Crippen molar-refractivity contribution in [3.63, 3.8) is 0 Å². The number of aromatic nitrogens is 2. The summed E-state index contributed by atoms with van der Waals surface area (Å²) >= 11 is 0. The van der Waals surface area contributed by atoms with E-state index in [9.17, 15) is 0 Å². The van der Waals surface area contributed by atoms with Gasteiger partial charge in [0, 0.05) is 31.0 Å². The first-order valence-electron chi connectivity index (χ1n) is 5.42. The molecule has 0 spiro atoms. The van der Waals surface area contributed by atoms with Crippen molar-refractivity contribution in [1.82, 2.24) is 15.3 Å². The van der Waals surface area contributed by atoms with Crippen molar-refractivity contribution in [3.05, 3.63) is 24.3 Å². The van der Waals surface area contributed by atoms with Crippen molar-refractivity contribution in [2.45, 2.75) is 32.3 Å². The Hall–Kier alpha value is -1.04. The molecule has 1 N–H and O–H groups in total. The summed E-state index contributed by atoms with van der Waals surface area (Å²) in [6, 6.07) is 0. The molecule has 1 aliphatic heterocycles. The Kier molecular flexibility index (Phi) is 3.48. The van der Waals surface area contributed by atoms with Crippen LogP contribution in [0.15, 0.2) is 18.7 Å². The van der Waals surface area contributed by atoms with Crippen LogP contribution in [0.25, 0.3) is 0 Å². The average Bonchev–Trinajstić information content (AvgIpc) is 2.60. The minimum Gasteiger partial charge on any atom is -0.348 e. The van der Waals surface area contributed by atoms with Gasteiger partial charge in [0.25, 0.3) is 0 Å². The second kappa shape index (κ2) is 4.86. The van der Waals surface area contributed by atoms with Gasteiger partial charge in [-0.05, 0) is 13.8 Å². The van der Waals surface area contributed by atoms with Crippen molar-refractivity contribution >= 4 is 0 Å². The van der Waals surface area contributed by atoms with Crippen LogP contribution in [-0.4, -0.2) is 35.0 Å². The topological polar surface area (TPSA) is 56.3 Å². The average molecular weight is 223 g/mol. The molecule has 2 rings (SSSR count). The Morgan fingerprint density at radius 1 is 1.44 bits per heavy atom. The largest absolute Gasteiger partial charge is 0.348 e. The fourth-order valence-corrected chi connectivity index (χ4v) is 1.66. The van der Waals surface area contributed by atoms with Crippen molar-refractivity contribution in [3.8, 4) is 0 Å². The summed E-state index contributed by atoms with van der Waals surface area (Å²) in [7, 11) is 0. The van der Waals surface area contributed by atoms with Gasteiger partial charge in [-0.1, -0.05) is 0 Å². The number of hydrogen-bond donors (Lipinski definition) is 1. The molecular weight excluding hydrogens is 206 g/mol. The molecule has 0 bridgehead atoms. The number of nitrogens with zero attached hydrogens (tertiary/aromatic N) is 2. The summed E-state index contributed by atoms with van der Waals surface area (Å²) in [5.74, 6) is -0.442. The molecule has 1 saturated heterocycles. The predicted octanol–water partition coefficient (Wildman–Crippen LogP) is 0.718. The van der Waals surface area contributed by atoms with E-state index in [-0.39, 0.29) is 6.10 Å². The quantitative estimate of drug-likeness (QED) is 0.815. The predicted molar refractivity (Wildman–Crippen MR) is 58.6 cm³/mol. The van der Waals surface area contributed by atoms with Gasteiger partial charge in [0.15, 0.2) is 5.79 Å². The van der Waals surface area contributed by atoms with Crippen LogP contribution < -0.4 is 5.32 Å². The van der Waals surface area contributed by atoms with Crippen LogP contribution in [-0.2, 0) is 16.0 Å². The Morgan fingerprint density at radius 3 is 2.81 bits per heavy atom. The Labute approximate surface area is 95.2 Å². The number of ether oxygens (including phenoxy) is 2. The van der Waals surface area contributed by atoms with Crippen molar-refractivity contribution in [2.75, 3.05) is 13.2 Å².